The smallest absolute Gasteiger partial charge is 0.422 e. The zero-order chi connectivity index (χ0) is 16.9. The lowest BCUT2D eigenvalue weighted by atomic mass is 9.82. The van der Waals surface area contributed by atoms with Gasteiger partial charge in [-0.3, -0.25) is 4.79 Å². The van der Waals surface area contributed by atoms with E-state index in [9.17, 15) is 18.0 Å². The molecule has 0 aromatic heterocycles. The lowest BCUT2D eigenvalue weighted by Crippen LogP contribution is -2.27. The Morgan fingerprint density at radius 1 is 1.18 bits per heavy atom. The number of hydrogen-bond acceptors (Lipinski definition) is 2. The Kier molecular flexibility index (Phi) is 6.91. The van der Waals surface area contributed by atoms with Crippen LogP contribution in [0, 0.1) is 11.8 Å². The normalized spacial score (nSPS) is 14.7. The van der Waals surface area contributed by atoms with E-state index in [0.717, 1.165) is 10.9 Å². The molecule has 0 heterocycles. The van der Waals surface area contributed by atoms with Gasteiger partial charge in [0.05, 0.1) is 5.92 Å². The molecule has 0 saturated heterocycles. The number of esters is 1. The van der Waals surface area contributed by atoms with E-state index in [4.69, 9.17) is 0 Å². The summed E-state index contributed by atoms with van der Waals surface area (Å²) in [6, 6.07) is 7.00. The van der Waals surface area contributed by atoms with Gasteiger partial charge in [-0.25, -0.2) is 0 Å². The number of rotatable bonds is 6. The molecule has 0 amide bonds. The van der Waals surface area contributed by atoms with Gasteiger partial charge in [-0.15, -0.1) is 0 Å². The Labute approximate surface area is 137 Å². The third-order valence-electron chi connectivity index (χ3n) is 3.27. The molecule has 0 N–H and O–H groups in total. The lowest BCUT2D eigenvalue weighted by molar-refractivity contribution is -0.188. The third kappa shape index (κ3) is 6.38. The SMILES string of the molecule is CC(C)C[C@@H](C)[C@H](C(=O)OCC(F)(F)F)c1ccc(Br)cc1. The number of halogens is 4. The van der Waals surface area contributed by atoms with E-state index in [-0.39, 0.29) is 5.92 Å². The van der Waals surface area contributed by atoms with Crippen LogP contribution in [0.15, 0.2) is 28.7 Å². The minimum atomic E-state index is -4.51. The molecule has 2 atom stereocenters. The van der Waals surface area contributed by atoms with Crippen LogP contribution >= 0.6 is 15.9 Å². The van der Waals surface area contributed by atoms with Crippen LogP contribution in [0.1, 0.15) is 38.7 Å². The van der Waals surface area contributed by atoms with Crippen molar-refractivity contribution < 1.29 is 22.7 Å². The van der Waals surface area contributed by atoms with Crippen molar-refractivity contribution in [3.8, 4) is 0 Å². The standard InChI is InChI=1S/C16H20BrF3O2/c1-10(2)8-11(3)14(12-4-6-13(17)7-5-12)15(21)22-9-16(18,19)20/h4-7,10-11,14H,8-9H2,1-3H3/t11-,14+/m1/s1. The van der Waals surface area contributed by atoms with Crippen molar-refractivity contribution in [1.29, 1.82) is 0 Å². The minimum Gasteiger partial charge on any atom is -0.456 e. The van der Waals surface area contributed by atoms with Gasteiger partial charge in [0.15, 0.2) is 6.61 Å². The summed E-state index contributed by atoms with van der Waals surface area (Å²) in [5, 5.41) is 0. The second kappa shape index (κ2) is 7.99. The Balaban J connectivity index is 2.95. The van der Waals surface area contributed by atoms with Crippen molar-refractivity contribution in [2.45, 2.75) is 39.3 Å². The van der Waals surface area contributed by atoms with Crippen molar-refractivity contribution in [2.24, 2.45) is 11.8 Å². The van der Waals surface area contributed by atoms with Crippen molar-refractivity contribution in [1.82, 2.24) is 0 Å². The summed E-state index contributed by atoms with van der Waals surface area (Å²) in [5.74, 6) is -1.30. The highest BCUT2D eigenvalue weighted by Gasteiger charge is 2.34. The summed E-state index contributed by atoms with van der Waals surface area (Å²) in [5.41, 5.74) is 0.670. The molecule has 1 aromatic rings. The molecule has 0 bridgehead atoms. The first-order chi connectivity index (χ1) is 10.1. The number of alkyl halides is 3. The summed E-state index contributed by atoms with van der Waals surface area (Å²) in [6.07, 6.45) is -3.79. The molecule has 22 heavy (non-hydrogen) atoms. The van der Waals surface area contributed by atoms with Crippen molar-refractivity contribution >= 4 is 21.9 Å². The topological polar surface area (TPSA) is 26.3 Å². The van der Waals surface area contributed by atoms with E-state index in [1.807, 2.05) is 20.8 Å². The minimum absolute atomic E-state index is 0.109. The second-order valence-corrected chi connectivity index (χ2v) is 6.77. The van der Waals surface area contributed by atoms with Gasteiger partial charge >= 0.3 is 12.1 Å². The van der Waals surface area contributed by atoms with Gasteiger partial charge in [0, 0.05) is 4.47 Å². The fraction of sp³-hybridized carbons (Fsp3) is 0.562. The number of benzene rings is 1. The van der Waals surface area contributed by atoms with Crippen LogP contribution in [0.3, 0.4) is 0 Å². The average Bonchev–Trinajstić information content (AvgIpc) is 2.37. The molecule has 124 valence electrons. The van der Waals surface area contributed by atoms with Crippen molar-refractivity contribution in [3.63, 3.8) is 0 Å². The molecule has 0 radical (unpaired) electrons. The van der Waals surface area contributed by atoms with Gasteiger partial charge in [0.2, 0.25) is 0 Å². The highest BCUT2D eigenvalue weighted by atomic mass is 79.9. The largest absolute Gasteiger partial charge is 0.456 e. The Bertz CT molecular complexity index is 483. The van der Waals surface area contributed by atoms with Crippen LogP contribution in [-0.2, 0) is 9.53 Å². The van der Waals surface area contributed by atoms with E-state index in [1.165, 1.54) is 0 Å². The number of carbonyl (C=O) groups is 1. The summed E-state index contributed by atoms with van der Waals surface area (Å²) in [6.45, 7) is 4.33. The van der Waals surface area contributed by atoms with Crippen LogP contribution in [-0.4, -0.2) is 18.8 Å². The van der Waals surface area contributed by atoms with Gasteiger partial charge in [-0.1, -0.05) is 48.8 Å². The van der Waals surface area contributed by atoms with Crippen LogP contribution in [0.25, 0.3) is 0 Å². The van der Waals surface area contributed by atoms with Crippen molar-refractivity contribution in [3.05, 3.63) is 34.3 Å². The molecule has 0 spiro atoms. The molecule has 6 heteroatoms. The monoisotopic (exact) mass is 380 g/mol. The number of hydrogen-bond donors (Lipinski definition) is 0. The first-order valence-corrected chi connectivity index (χ1v) is 7.88. The Morgan fingerprint density at radius 3 is 2.18 bits per heavy atom. The van der Waals surface area contributed by atoms with Gasteiger partial charge in [-0.05, 0) is 36.0 Å². The molecule has 0 aliphatic rings. The number of carbonyl (C=O) groups excluding carboxylic acids is 1. The molecular formula is C16H20BrF3O2. The van der Waals surface area contributed by atoms with E-state index in [0.29, 0.717) is 11.5 Å². The molecule has 0 fully saturated rings. The highest BCUT2D eigenvalue weighted by Crippen LogP contribution is 2.32. The maximum absolute atomic E-state index is 12.3. The first kappa shape index (κ1) is 19.0. The summed E-state index contributed by atoms with van der Waals surface area (Å²) in [4.78, 5) is 12.2. The molecule has 0 aliphatic carbocycles. The molecule has 1 aromatic carbocycles. The van der Waals surface area contributed by atoms with Gasteiger partial charge in [0.1, 0.15) is 0 Å². The fourth-order valence-corrected chi connectivity index (χ4v) is 2.75. The second-order valence-electron chi connectivity index (χ2n) is 5.86. The first-order valence-electron chi connectivity index (χ1n) is 7.09. The van der Waals surface area contributed by atoms with E-state index in [2.05, 4.69) is 20.7 Å². The summed E-state index contributed by atoms with van der Waals surface area (Å²) < 4.78 is 42.1. The molecular weight excluding hydrogens is 361 g/mol. The summed E-state index contributed by atoms with van der Waals surface area (Å²) in [7, 11) is 0. The maximum atomic E-state index is 12.3. The zero-order valence-corrected chi connectivity index (χ0v) is 14.4. The van der Waals surface area contributed by atoms with Crippen LogP contribution in [0.4, 0.5) is 13.2 Å². The predicted molar refractivity (Wildman–Crippen MR) is 82.5 cm³/mol. The number of ether oxygens (including phenoxy) is 1. The predicted octanol–water partition coefficient (Wildman–Crippen LogP) is 5.32. The zero-order valence-electron chi connectivity index (χ0n) is 12.8. The molecule has 0 unspecified atom stereocenters. The highest BCUT2D eigenvalue weighted by molar-refractivity contribution is 9.10. The quantitative estimate of drug-likeness (QED) is 0.624. The molecule has 0 saturated carbocycles. The average molecular weight is 381 g/mol. The van der Waals surface area contributed by atoms with E-state index < -0.39 is 24.7 Å². The Morgan fingerprint density at radius 2 is 1.73 bits per heavy atom. The van der Waals surface area contributed by atoms with E-state index >= 15 is 0 Å². The third-order valence-corrected chi connectivity index (χ3v) is 3.80. The van der Waals surface area contributed by atoms with Gasteiger partial charge in [-0.2, -0.15) is 13.2 Å². The lowest BCUT2D eigenvalue weighted by Gasteiger charge is -2.24. The van der Waals surface area contributed by atoms with E-state index in [1.54, 1.807) is 24.3 Å². The molecule has 2 nitrogen and oxygen atoms in total. The van der Waals surface area contributed by atoms with Crippen LogP contribution < -0.4 is 0 Å². The maximum Gasteiger partial charge on any atom is 0.422 e. The fourth-order valence-electron chi connectivity index (χ4n) is 2.49. The van der Waals surface area contributed by atoms with Crippen LogP contribution in [0.2, 0.25) is 0 Å². The molecule has 0 aliphatic heterocycles. The van der Waals surface area contributed by atoms with Crippen molar-refractivity contribution in [2.75, 3.05) is 6.61 Å². The van der Waals surface area contributed by atoms with Crippen LogP contribution in [0.5, 0.6) is 0 Å². The van der Waals surface area contributed by atoms with Gasteiger partial charge in [0.25, 0.3) is 0 Å². The summed E-state index contributed by atoms with van der Waals surface area (Å²) >= 11 is 3.30. The Hall–Kier alpha value is -1.04. The van der Waals surface area contributed by atoms with Gasteiger partial charge < -0.3 is 4.74 Å². The molecule has 1 rings (SSSR count).